The fourth-order valence-electron chi connectivity index (χ4n) is 2.34. The van der Waals surface area contributed by atoms with Crippen LogP contribution in [0.15, 0.2) is 0 Å². The van der Waals surface area contributed by atoms with Crippen LogP contribution >= 0.6 is 0 Å². The Labute approximate surface area is 114 Å². The van der Waals surface area contributed by atoms with Crippen molar-refractivity contribution in [2.45, 2.75) is 57.8 Å². The maximum absolute atomic E-state index is 12.2. The zero-order chi connectivity index (χ0) is 14.0. The summed E-state index contributed by atoms with van der Waals surface area (Å²) < 4.78 is 10.8. The van der Waals surface area contributed by atoms with Gasteiger partial charge in [0, 0.05) is 6.54 Å². The molecular formula is C14H25NO4. The van der Waals surface area contributed by atoms with Gasteiger partial charge in [-0.1, -0.05) is 12.8 Å². The zero-order valence-electron chi connectivity index (χ0n) is 12.1. The van der Waals surface area contributed by atoms with Crippen molar-refractivity contribution < 1.29 is 19.4 Å². The summed E-state index contributed by atoms with van der Waals surface area (Å²) in [4.78, 5) is 13.8. The molecule has 5 nitrogen and oxygen atoms in total. The molecule has 0 bridgehead atoms. The Morgan fingerprint density at radius 1 is 1.47 bits per heavy atom. The predicted octanol–water partition coefficient (Wildman–Crippen LogP) is 1.78. The normalized spacial score (nSPS) is 26.1. The van der Waals surface area contributed by atoms with E-state index >= 15 is 0 Å². The van der Waals surface area contributed by atoms with Gasteiger partial charge in [0.05, 0.1) is 25.4 Å². The van der Waals surface area contributed by atoms with Gasteiger partial charge in [-0.3, -0.25) is 4.90 Å². The van der Waals surface area contributed by atoms with E-state index in [9.17, 15) is 9.90 Å². The van der Waals surface area contributed by atoms with E-state index in [-0.39, 0.29) is 12.1 Å². The third-order valence-corrected chi connectivity index (χ3v) is 3.51. The Morgan fingerprint density at radius 2 is 2.16 bits per heavy atom. The Hall–Kier alpha value is -0.810. The molecule has 5 heteroatoms. The third-order valence-electron chi connectivity index (χ3n) is 3.51. The first-order chi connectivity index (χ1) is 8.87. The van der Waals surface area contributed by atoms with E-state index in [1.165, 1.54) is 12.8 Å². The number of aliphatic hydroxyl groups is 1. The van der Waals surface area contributed by atoms with Gasteiger partial charge in [0.1, 0.15) is 5.60 Å². The number of morpholine rings is 1. The van der Waals surface area contributed by atoms with Crippen molar-refractivity contribution in [3.8, 4) is 0 Å². The maximum atomic E-state index is 12.2. The smallest absolute Gasteiger partial charge is 0.410 e. The van der Waals surface area contributed by atoms with Crippen molar-refractivity contribution >= 4 is 6.09 Å². The summed E-state index contributed by atoms with van der Waals surface area (Å²) in [7, 11) is 0. The summed E-state index contributed by atoms with van der Waals surface area (Å²) in [6.45, 7) is 6.93. The highest BCUT2D eigenvalue weighted by molar-refractivity contribution is 5.68. The lowest BCUT2D eigenvalue weighted by atomic mass is 10.0. The van der Waals surface area contributed by atoms with Gasteiger partial charge in [-0.15, -0.1) is 0 Å². The largest absolute Gasteiger partial charge is 0.444 e. The number of ether oxygens (including phenoxy) is 2. The van der Waals surface area contributed by atoms with E-state index in [1.54, 1.807) is 4.90 Å². The molecule has 2 fully saturated rings. The van der Waals surface area contributed by atoms with Crippen LogP contribution in [0, 0.1) is 5.92 Å². The van der Waals surface area contributed by atoms with Gasteiger partial charge in [0.15, 0.2) is 0 Å². The highest BCUT2D eigenvalue weighted by Crippen LogP contribution is 2.35. The fraction of sp³-hybridized carbons (Fsp3) is 0.929. The molecule has 1 saturated heterocycles. The molecule has 2 aliphatic rings. The van der Waals surface area contributed by atoms with Gasteiger partial charge in [-0.25, -0.2) is 4.79 Å². The van der Waals surface area contributed by atoms with E-state index in [1.807, 2.05) is 20.8 Å². The molecule has 110 valence electrons. The molecule has 1 amide bonds. The van der Waals surface area contributed by atoms with E-state index < -0.39 is 11.7 Å². The molecular weight excluding hydrogens is 246 g/mol. The Balaban J connectivity index is 1.95. The lowest BCUT2D eigenvalue weighted by Crippen LogP contribution is -2.55. The van der Waals surface area contributed by atoms with Crippen LogP contribution in [0.4, 0.5) is 4.79 Å². The minimum absolute atomic E-state index is 0.274. The molecule has 1 aliphatic carbocycles. The molecule has 2 rings (SSSR count). The van der Waals surface area contributed by atoms with Crippen molar-refractivity contribution in [1.82, 2.24) is 4.90 Å². The van der Waals surface area contributed by atoms with Crippen molar-refractivity contribution in [3.05, 3.63) is 0 Å². The number of nitrogens with zero attached hydrogens (tertiary/aromatic N) is 1. The Kier molecular flexibility index (Phi) is 4.36. The molecule has 1 saturated carbocycles. The van der Waals surface area contributed by atoms with Crippen molar-refractivity contribution in [2.75, 3.05) is 19.8 Å². The molecule has 19 heavy (non-hydrogen) atoms. The molecule has 1 aliphatic heterocycles. The summed E-state index contributed by atoms with van der Waals surface area (Å²) in [6, 6.07) is -0.274. The highest BCUT2D eigenvalue weighted by atomic mass is 16.6. The first kappa shape index (κ1) is 14.6. The molecule has 0 aromatic heterocycles. The van der Waals surface area contributed by atoms with E-state index in [2.05, 4.69) is 0 Å². The van der Waals surface area contributed by atoms with Gasteiger partial charge in [0.25, 0.3) is 0 Å². The second-order valence-electron chi connectivity index (χ2n) is 6.56. The SMILES string of the molecule is CC(C)(C)OC(=O)N1CCOCC1C(O)CC1CC1. The number of amides is 1. The molecule has 0 aromatic rings. The maximum Gasteiger partial charge on any atom is 0.410 e. The van der Waals surface area contributed by atoms with Crippen LogP contribution in [0.5, 0.6) is 0 Å². The number of carbonyl (C=O) groups excluding carboxylic acids is 1. The second-order valence-corrected chi connectivity index (χ2v) is 6.56. The molecule has 0 spiro atoms. The van der Waals surface area contributed by atoms with Gasteiger partial charge >= 0.3 is 6.09 Å². The number of hydrogen-bond acceptors (Lipinski definition) is 4. The van der Waals surface area contributed by atoms with Crippen LogP contribution in [0.25, 0.3) is 0 Å². The highest BCUT2D eigenvalue weighted by Gasteiger charge is 2.37. The van der Waals surface area contributed by atoms with Crippen LogP contribution in [0.3, 0.4) is 0 Å². The van der Waals surface area contributed by atoms with Crippen LogP contribution in [0.1, 0.15) is 40.0 Å². The molecule has 0 aromatic carbocycles. The summed E-state index contributed by atoms with van der Waals surface area (Å²) >= 11 is 0. The predicted molar refractivity (Wildman–Crippen MR) is 70.9 cm³/mol. The van der Waals surface area contributed by atoms with Crippen LogP contribution in [-0.4, -0.2) is 53.6 Å². The number of rotatable bonds is 3. The van der Waals surface area contributed by atoms with E-state index in [4.69, 9.17) is 9.47 Å². The van der Waals surface area contributed by atoms with Gasteiger partial charge in [-0.05, 0) is 33.1 Å². The summed E-state index contributed by atoms with van der Waals surface area (Å²) in [6.07, 6.45) is 2.28. The third kappa shape index (κ3) is 4.35. The van der Waals surface area contributed by atoms with Crippen molar-refractivity contribution in [2.24, 2.45) is 5.92 Å². The summed E-state index contributed by atoms with van der Waals surface area (Å²) in [5.41, 5.74) is -0.513. The van der Waals surface area contributed by atoms with E-state index in [0.29, 0.717) is 25.7 Å². The fourth-order valence-corrected chi connectivity index (χ4v) is 2.34. The standard InChI is InChI=1S/C14H25NO4/c1-14(2,3)19-13(17)15-6-7-18-9-11(15)12(16)8-10-4-5-10/h10-12,16H,4-9H2,1-3H3. The molecule has 0 radical (unpaired) electrons. The quantitative estimate of drug-likeness (QED) is 0.850. The van der Waals surface area contributed by atoms with Gasteiger partial charge in [0.2, 0.25) is 0 Å². The average molecular weight is 271 g/mol. The first-order valence-electron chi connectivity index (χ1n) is 7.12. The zero-order valence-corrected chi connectivity index (χ0v) is 12.1. The molecule has 1 heterocycles. The first-order valence-corrected chi connectivity index (χ1v) is 7.12. The van der Waals surface area contributed by atoms with Crippen LogP contribution in [-0.2, 0) is 9.47 Å². The summed E-state index contributed by atoms with van der Waals surface area (Å²) in [5.74, 6) is 0.623. The Morgan fingerprint density at radius 3 is 2.74 bits per heavy atom. The molecule has 2 unspecified atom stereocenters. The monoisotopic (exact) mass is 271 g/mol. The van der Waals surface area contributed by atoms with Gasteiger partial charge in [-0.2, -0.15) is 0 Å². The van der Waals surface area contributed by atoms with Crippen molar-refractivity contribution in [3.63, 3.8) is 0 Å². The minimum Gasteiger partial charge on any atom is -0.444 e. The summed E-state index contributed by atoms with van der Waals surface area (Å²) in [5, 5.41) is 10.3. The van der Waals surface area contributed by atoms with Crippen molar-refractivity contribution in [1.29, 1.82) is 0 Å². The lowest BCUT2D eigenvalue weighted by molar-refractivity contribution is -0.0687. The molecule has 1 N–H and O–H groups in total. The Bertz CT molecular complexity index is 322. The minimum atomic E-state index is -0.514. The number of carbonyl (C=O) groups is 1. The van der Waals surface area contributed by atoms with Crippen LogP contribution in [0.2, 0.25) is 0 Å². The van der Waals surface area contributed by atoms with E-state index in [0.717, 1.165) is 6.42 Å². The second kappa shape index (κ2) is 5.67. The lowest BCUT2D eigenvalue weighted by Gasteiger charge is -2.38. The van der Waals surface area contributed by atoms with Gasteiger partial charge < -0.3 is 14.6 Å². The average Bonchev–Trinajstić information content (AvgIpc) is 3.10. The number of aliphatic hydroxyl groups excluding tert-OH is 1. The van der Waals surface area contributed by atoms with Crippen LogP contribution < -0.4 is 0 Å². The molecule has 2 atom stereocenters. The topological polar surface area (TPSA) is 59.0 Å². The number of hydrogen-bond donors (Lipinski definition) is 1.